The van der Waals surface area contributed by atoms with Crippen molar-refractivity contribution >= 4 is 7.82 Å². The van der Waals surface area contributed by atoms with Crippen molar-refractivity contribution in [2.45, 2.75) is 41.5 Å². The van der Waals surface area contributed by atoms with Crippen LogP contribution in [0, 0.1) is 23.7 Å². The first-order valence-electron chi connectivity index (χ1n) is 6.27. The molecule has 0 aliphatic rings. The molecule has 0 saturated carbocycles. The van der Waals surface area contributed by atoms with Crippen LogP contribution in [0.5, 0.6) is 0 Å². The molecule has 4 nitrogen and oxygen atoms in total. The number of phosphoric ester groups is 1. The van der Waals surface area contributed by atoms with Gasteiger partial charge in [-0.2, -0.15) is 0 Å². The van der Waals surface area contributed by atoms with Gasteiger partial charge in [-0.3, -0.25) is 9.05 Å². The van der Waals surface area contributed by atoms with Crippen LogP contribution in [0.3, 0.4) is 0 Å². The molecule has 1 N–H and O–H groups in total. The van der Waals surface area contributed by atoms with Crippen LogP contribution >= 0.6 is 7.82 Å². The van der Waals surface area contributed by atoms with Crippen LogP contribution in [0.1, 0.15) is 41.5 Å². The summed E-state index contributed by atoms with van der Waals surface area (Å²) in [5, 5.41) is 0. The molecule has 0 heterocycles. The van der Waals surface area contributed by atoms with Crippen molar-refractivity contribution < 1.29 is 18.5 Å². The largest absolute Gasteiger partial charge is 0.472 e. The summed E-state index contributed by atoms with van der Waals surface area (Å²) < 4.78 is 21.5. The molecule has 0 aliphatic carbocycles. The Morgan fingerprint density at radius 3 is 1.41 bits per heavy atom. The van der Waals surface area contributed by atoms with E-state index in [1.165, 1.54) is 0 Å². The Hall–Kier alpha value is 0.110. The highest BCUT2D eigenvalue weighted by Gasteiger charge is 2.24. The Bertz CT molecular complexity index is 231. The van der Waals surface area contributed by atoms with Crippen LogP contribution < -0.4 is 0 Å². The van der Waals surface area contributed by atoms with Crippen LogP contribution in [0.15, 0.2) is 0 Å². The van der Waals surface area contributed by atoms with Crippen molar-refractivity contribution in [3.8, 4) is 0 Å². The minimum absolute atomic E-state index is 0.238. The summed E-state index contributed by atoms with van der Waals surface area (Å²) in [6.07, 6.45) is 0. The summed E-state index contributed by atoms with van der Waals surface area (Å²) in [5.74, 6) is 1.32. The lowest BCUT2D eigenvalue weighted by molar-refractivity contribution is 0.106. The van der Waals surface area contributed by atoms with Crippen LogP contribution in [0.4, 0.5) is 0 Å². The van der Waals surface area contributed by atoms with E-state index in [9.17, 15) is 9.46 Å². The second-order valence-corrected chi connectivity index (χ2v) is 6.96. The Balaban J connectivity index is 4.00. The van der Waals surface area contributed by atoms with E-state index in [0.717, 1.165) is 0 Å². The smallest absolute Gasteiger partial charge is 0.302 e. The second-order valence-electron chi connectivity index (χ2n) is 5.50. The zero-order valence-corrected chi connectivity index (χ0v) is 12.7. The predicted molar refractivity (Wildman–Crippen MR) is 69.7 cm³/mol. The molecule has 0 fully saturated rings. The molecule has 0 rings (SSSR count). The number of rotatable bonds is 8. The summed E-state index contributed by atoms with van der Waals surface area (Å²) in [6.45, 7) is 12.7. The monoisotopic (exact) mass is 266 g/mol. The summed E-state index contributed by atoms with van der Waals surface area (Å²) in [5.41, 5.74) is 0. The highest BCUT2D eigenvalue weighted by molar-refractivity contribution is 7.47. The summed E-state index contributed by atoms with van der Waals surface area (Å²) in [7, 11) is -3.88. The minimum atomic E-state index is -3.88. The van der Waals surface area contributed by atoms with Crippen LogP contribution in [-0.4, -0.2) is 18.1 Å². The minimum Gasteiger partial charge on any atom is -0.302 e. The molecule has 0 spiro atoms. The van der Waals surface area contributed by atoms with E-state index in [0.29, 0.717) is 11.8 Å². The molecular formula is C12H27O4P. The molecule has 2 unspecified atom stereocenters. The lowest BCUT2D eigenvalue weighted by Crippen LogP contribution is -2.14. The summed E-state index contributed by atoms with van der Waals surface area (Å²) in [4.78, 5) is 9.49. The predicted octanol–water partition coefficient (Wildman–Crippen LogP) is 3.70. The maximum absolute atomic E-state index is 11.6. The fourth-order valence-electron chi connectivity index (χ4n) is 0.846. The van der Waals surface area contributed by atoms with Gasteiger partial charge >= 0.3 is 7.82 Å². The van der Waals surface area contributed by atoms with Gasteiger partial charge in [0.25, 0.3) is 0 Å². The van der Waals surface area contributed by atoms with E-state index in [4.69, 9.17) is 9.05 Å². The van der Waals surface area contributed by atoms with E-state index < -0.39 is 7.82 Å². The Kier molecular flexibility index (Phi) is 7.57. The third kappa shape index (κ3) is 7.93. The van der Waals surface area contributed by atoms with Gasteiger partial charge in [0.2, 0.25) is 0 Å². The Morgan fingerprint density at radius 1 is 0.882 bits per heavy atom. The van der Waals surface area contributed by atoms with Gasteiger partial charge in [-0.15, -0.1) is 0 Å². The molecule has 0 aromatic rings. The van der Waals surface area contributed by atoms with E-state index in [2.05, 4.69) is 27.7 Å². The maximum Gasteiger partial charge on any atom is 0.472 e. The molecular weight excluding hydrogens is 239 g/mol. The fourth-order valence-corrected chi connectivity index (χ4v) is 1.77. The third-order valence-electron chi connectivity index (χ3n) is 3.28. The second kappa shape index (κ2) is 7.52. The lowest BCUT2D eigenvalue weighted by Gasteiger charge is -2.20. The first-order chi connectivity index (χ1) is 7.65. The average Bonchev–Trinajstić information content (AvgIpc) is 2.22. The summed E-state index contributed by atoms with van der Waals surface area (Å²) >= 11 is 0. The molecule has 104 valence electrons. The fraction of sp³-hybridized carbons (Fsp3) is 1.00. The van der Waals surface area contributed by atoms with Crippen LogP contribution in [0.25, 0.3) is 0 Å². The Morgan fingerprint density at radius 2 is 1.18 bits per heavy atom. The van der Waals surface area contributed by atoms with E-state index in [-0.39, 0.29) is 25.0 Å². The third-order valence-corrected chi connectivity index (χ3v) is 4.23. The van der Waals surface area contributed by atoms with Gasteiger partial charge in [0.05, 0.1) is 13.2 Å². The van der Waals surface area contributed by atoms with Gasteiger partial charge in [0, 0.05) is 0 Å². The highest BCUT2D eigenvalue weighted by atomic mass is 31.2. The standard InChI is InChI=1S/C12H27O4P/c1-9(2)11(5)7-15-17(13,14)16-8-12(6)10(3)4/h9-12H,7-8H2,1-6H3,(H,13,14). The normalized spacial score (nSPS) is 19.4. The summed E-state index contributed by atoms with van der Waals surface area (Å²) in [6, 6.07) is 0. The van der Waals surface area contributed by atoms with Gasteiger partial charge in [-0.1, -0.05) is 41.5 Å². The average molecular weight is 266 g/mol. The zero-order valence-electron chi connectivity index (χ0n) is 11.8. The molecule has 0 saturated heterocycles. The number of hydrogen-bond donors (Lipinski definition) is 1. The van der Waals surface area contributed by atoms with Gasteiger partial charge in [0.15, 0.2) is 0 Å². The molecule has 2 atom stereocenters. The topological polar surface area (TPSA) is 55.8 Å². The number of hydrogen-bond acceptors (Lipinski definition) is 3. The van der Waals surface area contributed by atoms with Crippen molar-refractivity contribution in [2.75, 3.05) is 13.2 Å². The first kappa shape index (κ1) is 17.1. The van der Waals surface area contributed by atoms with Crippen molar-refractivity contribution in [1.82, 2.24) is 0 Å². The highest BCUT2D eigenvalue weighted by Crippen LogP contribution is 2.44. The molecule has 0 aromatic heterocycles. The zero-order chi connectivity index (χ0) is 13.6. The molecule has 0 bridgehead atoms. The van der Waals surface area contributed by atoms with Gasteiger partial charge in [0.1, 0.15) is 0 Å². The van der Waals surface area contributed by atoms with E-state index >= 15 is 0 Å². The van der Waals surface area contributed by atoms with E-state index in [1.54, 1.807) is 0 Å². The molecule has 17 heavy (non-hydrogen) atoms. The van der Waals surface area contributed by atoms with Crippen molar-refractivity contribution in [1.29, 1.82) is 0 Å². The molecule has 0 aromatic carbocycles. The quantitative estimate of drug-likeness (QED) is 0.680. The molecule has 0 amide bonds. The maximum atomic E-state index is 11.6. The van der Waals surface area contributed by atoms with Crippen molar-refractivity contribution in [3.05, 3.63) is 0 Å². The van der Waals surface area contributed by atoms with Crippen LogP contribution in [-0.2, 0) is 13.6 Å². The van der Waals surface area contributed by atoms with E-state index in [1.807, 2.05) is 13.8 Å². The van der Waals surface area contributed by atoms with Gasteiger partial charge in [-0.25, -0.2) is 4.57 Å². The molecule has 0 aliphatic heterocycles. The van der Waals surface area contributed by atoms with Gasteiger partial charge < -0.3 is 4.89 Å². The van der Waals surface area contributed by atoms with Crippen molar-refractivity contribution in [2.24, 2.45) is 23.7 Å². The molecule has 5 heteroatoms. The van der Waals surface area contributed by atoms with Crippen LogP contribution in [0.2, 0.25) is 0 Å². The molecule has 0 radical (unpaired) electrons. The lowest BCUT2D eigenvalue weighted by atomic mass is 10.00. The SMILES string of the molecule is CC(C)C(C)COP(=O)(O)OCC(C)C(C)C. The number of phosphoric acid groups is 1. The first-order valence-corrected chi connectivity index (χ1v) is 7.77. The van der Waals surface area contributed by atoms with Gasteiger partial charge in [-0.05, 0) is 23.7 Å². The van der Waals surface area contributed by atoms with Crippen molar-refractivity contribution in [3.63, 3.8) is 0 Å². The Labute approximate surface area is 105 Å².